The fourth-order valence-corrected chi connectivity index (χ4v) is 4.44. The van der Waals surface area contributed by atoms with Gasteiger partial charge >= 0.3 is 0 Å². The third-order valence-electron chi connectivity index (χ3n) is 5.93. The van der Waals surface area contributed by atoms with E-state index in [1.165, 1.54) is 12.8 Å². The Bertz CT molecular complexity index is 658. The Kier molecular flexibility index (Phi) is 5.75. The van der Waals surface area contributed by atoms with Crippen LogP contribution in [0, 0.1) is 17.3 Å². The zero-order valence-electron chi connectivity index (χ0n) is 15.9. The van der Waals surface area contributed by atoms with Crippen LogP contribution in [-0.4, -0.2) is 24.4 Å². The second kappa shape index (κ2) is 7.71. The Balaban J connectivity index is 1.53. The van der Waals surface area contributed by atoms with Gasteiger partial charge in [-0.25, -0.2) is 0 Å². The van der Waals surface area contributed by atoms with E-state index in [0.29, 0.717) is 18.4 Å². The molecule has 1 atom stereocenters. The first-order chi connectivity index (χ1) is 12.2. The minimum atomic E-state index is -0.244. The highest BCUT2D eigenvalue weighted by molar-refractivity contribution is 9.10. The minimum absolute atomic E-state index is 0.0314. The highest BCUT2D eigenvalue weighted by atomic mass is 79.9. The zero-order chi connectivity index (χ0) is 18.9. The maximum absolute atomic E-state index is 12.7. The number of anilines is 1. The van der Waals surface area contributed by atoms with Gasteiger partial charge in [0.25, 0.3) is 0 Å². The minimum Gasteiger partial charge on any atom is -0.353 e. The van der Waals surface area contributed by atoms with Crippen LogP contribution in [0.25, 0.3) is 0 Å². The van der Waals surface area contributed by atoms with Crippen LogP contribution in [0.15, 0.2) is 28.7 Å². The van der Waals surface area contributed by atoms with Crippen molar-refractivity contribution in [2.75, 3.05) is 11.4 Å². The molecule has 0 radical (unpaired) electrons. The number of hydrogen-bond donors (Lipinski definition) is 1. The molecule has 0 aromatic heterocycles. The van der Waals surface area contributed by atoms with E-state index < -0.39 is 0 Å². The van der Waals surface area contributed by atoms with Gasteiger partial charge in [0, 0.05) is 29.2 Å². The highest BCUT2D eigenvalue weighted by Gasteiger charge is 2.37. The Morgan fingerprint density at radius 1 is 1.12 bits per heavy atom. The molecule has 4 nitrogen and oxygen atoms in total. The number of amides is 2. The quantitative estimate of drug-likeness (QED) is 0.780. The molecule has 5 heteroatoms. The molecular formula is C21H29BrN2O2. The van der Waals surface area contributed by atoms with E-state index in [1.54, 1.807) is 4.90 Å². The molecule has 2 aliphatic rings. The lowest BCUT2D eigenvalue weighted by Crippen LogP contribution is -2.42. The molecule has 0 unspecified atom stereocenters. The van der Waals surface area contributed by atoms with Gasteiger partial charge in [0.1, 0.15) is 0 Å². The molecule has 1 aromatic carbocycles. The standard InChI is InChI=1S/C21H29BrN2O2/c1-21(2,3)15-4-8-17(9-5-15)23-20(26)14-12-19(25)24(13-14)18-10-6-16(22)7-11-18/h6-7,10-11,14-15,17H,4-5,8-9,12-13H2,1-3H3,(H,23,26)/t14-,15?,17?/m0/s1. The number of rotatable bonds is 3. The van der Waals surface area contributed by atoms with Gasteiger partial charge in [0.05, 0.1) is 5.92 Å². The topological polar surface area (TPSA) is 49.4 Å². The first-order valence-corrected chi connectivity index (χ1v) is 10.4. The van der Waals surface area contributed by atoms with Crippen LogP contribution in [0.1, 0.15) is 52.9 Å². The molecule has 142 valence electrons. The lowest BCUT2D eigenvalue weighted by Gasteiger charge is -2.37. The summed E-state index contributed by atoms with van der Waals surface area (Å²) in [5.41, 5.74) is 1.21. The summed E-state index contributed by atoms with van der Waals surface area (Å²) in [5, 5.41) is 3.21. The van der Waals surface area contributed by atoms with Crippen molar-refractivity contribution in [2.24, 2.45) is 17.3 Å². The average Bonchev–Trinajstić information content (AvgIpc) is 2.97. The molecule has 3 rings (SSSR count). The second-order valence-electron chi connectivity index (χ2n) is 8.80. The first-order valence-electron chi connectivity index (χ1n) is 9.60. The molecule has 2 amide bonds. The van der Waals surface area contributed by atoms with Crippen LogP contribution in [-0.2, 0) is 9.59 Å². The Morgan fingerprint density at radius 3 is 2.31 bits per heavy atom. The van der Waals surface area contributed by atoms with E-state index in [2.05, 4.69) is 42.0 Å². The SMILES string of the molecule is CC(C)(C)C1CCC(NC(=O)[C@H]2CC(=O)N(c3ccc(Br)cc3)C2)CC1. The normalized spacial score (nSPS) is 26.8. The van der Waals surface area contributed by atoms with Gasteiger partial charge in [0.15, 0.2) is 0 Å². The van der Waals surface area contributed by atoms with Crippen LogP contribution in [0.4, 0.5) is 5.69 Å². The summed E-state index contributed by atoms with van der Waals surface area (Å²) in [6, 6.07) is 7.93. The van der Waals surface area contributed by atoms with Gasteiger partial charge in [-0.3, -0.25) is 9.59 Å². The lowest BCUT2D eigenvalue weighted by molar-refractivity contribution is -0.127. The van der Waals surface area contributed by atoms with E-state index in [9.17, 15) is 9.59 Å². The Labute approximate surface area is 164 Å². The van der Waals surface area contributed by atoms with Crippen molar-refractivity contribution in [1.82, 2.24) is 5.32 Å². The van der Waals surface area contributed by atoms with Gasteiger partial charge in [-0.05, 0) is 61.3 Å². The molecule has 1 N–H and O–H groups in total. The molecule has 2 fully saturated rings. The van der Waals surface area contributed by atoms with Crippen LogP contribution < -0.4 is 10.2 Å². The highest BCUT2D eigenvalue weighted by Crippen LogP contribution is 2.38. The van der Waals surface area contributed by atoms with Crippen molar-refractivity contribution in [1.29, 1.82) is 0 Å². The van der Waals surface area contributed by atoms with Crippen LogP contribution in [0.2, 0.25) is 0 Å². The largest absolute Gasteiger partial charge is 0.353 e. The van der Waals surface area contributed by atoms with Crippen LogP contribution in [0.5, 0.6) is 0 Å². The second-order valence-corrected chi connectivity index (χ2v) is 9.72. The van der Waals surface area contributed by atoms with Crippen molar-refractivity contribution in [2.45, 2.75) is 58.9 Å². The van der Waals surface area contributed by atoms with Crippen LogP contribution >= 0.6 is 15.9 Å². The van der Waals surface area contributed by atoms with Crippen molar-refractivity contribution in [3.05, 3.63) is 28.7 Å². The maximum Gasteiger partial charge on any atom is 0.227 e. The molecule has 1 aliphatic carbocycles. The number of carbonyl (C=O) groups excluding carboxylic acids is 2. The van der Waals surface area contributed by atoms with Crippen molar-refractivity contribution < 1.29 is 9.59 Å². The van der Waals surface area contributed by atoms with E-state index in [4.69, 9.17) is 0 Å². The summed E-state index contributed by atoms with van der Waals surface area (Å²) in [6.07, 6.45) is 4.74. The lowest BCUT2D eigenvalue weighted by atomic mass is 9.71. The Morgan fingerprint density at radius 2 is 1.73 bits per heavy atom. The zero-order valence-corrected chi connectivity index (χ0v) is 17.5. The van der Waals surface area contributed by atoms with Crippen molar-refractivity contribution in [3.63, 3.8) is 0 Å². The predicted octanol–water partition coefficient (Wildman–Crippen LogP) is 4.52. The summed E-state index contributed by atoms with van der Waals surface area (Å²) < 4.78 is 0.980. The molecule has 26 heavy (non-hydrogen) atoms. The summed E-state index contributed by atoms with van der Waals surface area (Å²) in [5.74, 6) is 0.559. The smallest absolute Gasteiger partial charge is 0.227 e. The molecular weight excluding hydrogens is 392 g/mol. The summed E-state index contributed by atoms with van der Waals surface area (Å²) in [6.45, 7) is 7.38. The molecule has 0 bridgehead atoms. The summed E-state index contributed by atoms with van der Waals surface area (Å²) >= 11 is 3.41. The van der Waals surface area contributed by atoms with E-state index in [-0.39, 0.29) is 23.8 Å². The number of halogens is 1. The monoisotopic (exact) mass is 420 g/mol. The van der Waals surface area contributed by atoms with Gasteiger partial charge in [-0.1, -0.05) is 36.7 Å². The fraction of sp³-hybridized carbons (Fsp3) is 0.619. The third kappa shape index (κ3) is 4.48. The summed E-state index contributed by atoms with van der Waals surface area (Å²) in [7, 11) is 0. The third-order valence-corrected chi connectivity index (χ3v) is 6.46. The molecule has 1 heterocycles. The molecule has 1 aliphatic heterocycles. The van der Waals surface area contributed by atoms with Crippen molar-refractivity contribution in [3.8, 4) is 0 Å². The van der Waals surface area contributed by atoms with Crippen molar-refractivity contribution >= 4 is 33.4 Å². The first kappa shape index (κ1) is 19.4. The van der Waals surface area contributed by atoms with Gasteiger partial charge in [-0.15, -0.1) is 0 Å². The van der Waals surface area contributed by atoms with E-state index in [1.807, 2.05) is 24.3 Å². The average molecular weight is 421 g/mol. The Hall–Kier alpha value is -1.36. The van der Waals surface area contributed by atoms with E-state index in [0.717, 1.165) is 28.9 Å². The number of hydrogen-bond acceptors (Lipinski definition) is 2. The fourth-order valence-electron chi connectivity index (χ4n) is 4.18. The molecule has 1 saturated carbocycles. The molecule has 0 spiro atoms. The summed E-state index contributed by atoms with van der Waals surface area (Å²) in [4.78, 5) is 26.8. The van der Waals surface area contributed by atoms with E-state index >= 15 is 0 Å². The van der Waals surface area contributed by atoms with Crippen LogP contribution in [0.3, 0.4) is 0 Å². The molecule has 1 saturated heterocycles. The number of carbonyl (C=O) groups is 2. The maximum atomic E-state index is 12.7. The van der Waals surface area contributed by atoms with Gasteiger partial charge < -0.3 is 10.2 Å². The van der Waals surface area contributed by atoms with Gasteiger partial charge in [-0.2, -0.15) is 0 Å². The number of nitrogens with one attached hydrogen (secondary N) is 1. The predicted molar refractivity (Wildman–Crippen MR) is 108 cm³/mol. The number of nitrogens with zero attached hydrogens (tertiary/aromatic N) is 1. The molecule has 1 aromatic rings. The number of benzene rings is 1. The van der Waals surface area contributed by atoms with Gasteiger partial charge in [0.2, 0.25) is 11.8 Å².